The number of rotatable bonds is 0. The van der Waals surface area contributed by atoms with Crippen LogP contribution >= 0.6 is 0 Å². The Kier molecular flexibility index (Phi) is 1.65. The molecule has 0 aromatic heterocycles. The van der Waals surface area contributed by atoms with Crippen molar-refractivity contribution in [3.8, 4) is 0 Å². The van der Waals surface area contributed by atoms with Gasteiger partial charge in [0.15, 0.2) is 9.84 Å². The van der Waals surface area contributed by atoms with Gasteiger partial charge in [0.25, 0.3) is 0 Å². The first-order valence-corrected chi connectivity index (χ1v) is 7.18. The van der Waals surface area contributed by atoms with Crippen LogP contribution in [0.1, 0.15) is 25.7 Å². The second-order valence-electron chi connectivity index (χ2n) is 5.29. The summed E-state index contributed by atoms with van der Waals surface area (Å²) in [5, 5.41) is 0. The van der Waals surface area contributed by atoms with E-state index >= 15 is 0 Å². The van der Waals surface area contributed by atoms with Gasteiger partial charge in [-0.3, -0.25) is 0 Å². The Hall–Kier alpha value is -0.0900. The molecule has 0 amide bonds. The molecule has 14 heavy (non-hydrogen) atoms. The predicted octanol–water partition coefficient (Wildman–Crippen LogP) is 0.992. The van der Waals surface area contributed by atoms with E-state index in [0.29, 0.717) is 24.7 Å². The van der Waals surface area contributed by atoms with Crippen molar-refractivity contribution >= 4 is 9.84 Å². The van der Waals surface area contributed by atoms with Crippen LogP contribution in [0.25, 0.3) is 0 Å². The van der Waals surface area contributed by atoms with E-state index < -0.39 is 9.84 Å². The fraction of sp³-hybridized carbons (Fsp3) is 1.00. The Morgan fingerprint density at radius 2 is 1.43 bits per heavy atom. The highest BCUT2D eigenvalue weighted by atomic mass is 32.2. The fourth-order valence-electron chi connectivity index (χ4n) is 3.78. The zero-order valence-corrected chi connectivity index (χ0v) is 9.11. The molecule has 1 saturated carbocycles. The Morgan fingerprint density at radius 1 is 0.929 bits per heavy atom. The molecular weight excluding hydrogens is 200 g/mol. The molecule has 2 heterocycles. The van der Waals surface area contributed by atoms with E-state index in [1.807, 2.05) is 0 Å². The highest BCUT2D eigenvalue weighted by Crippen LogP contribution is 2.60. The van der Waals surface area contributed by atoms with E-state index in [1.54, 1.807) is 0 Å². The normalized spacial score (nSPS) is 50.0. The molecule has 1 aliphatic carbocycles. The van der Waals surface area contributed by atoms with Gasteiger partial charge in [-0.05, 0) is 12.8 Å². The summed E-state index contributed by atoms with van der Waals surface area (Å²) in [6.07, 6.45) is 4.49. The van der Waals surface area contributed by atoms with E-state index in [1.165, 1.54) is 12.8 Å². The summed E-state index contributed by atoms with van der Waals surface area (Å²) in [4.78, 5) is 0. The van der Waals surface area contributed by atoms with Crippen LogP contribution in [0.15, 0.2) is 0 Å². The molecule has 0 aromatic carbocycles. The molecule has 0 aromatic rings. The standard InChI is InChI=1S/C10H16O3S/c11-14(12)7-9-3-1-2-4-10(9,8-14)6-13-5-9/h1-8H2. The molecule has 4 heteroatoms. The Bertz CT molecular complexity index is 334. The molecule has 0 bridgehead atoms. The minimum Gasteiger partial charge on any atom is -0.380 e. The summed E-state index contributed by atoms with van der Waals surface area (Å²) in [6.45, 7) is 1.37. The van der Waals surface area contributed by atoms with Gasteiger partial charge in [0.1, 0.15) is 0 Å². The molecule has 0 radical (unpaired) electrons. The first kappa shape index (κ1) is 9.16. The summed E-state index contributed by atoms with van der Waals surface area (Å²) >= 11 is 0. The third-order valence-electron chi connectivity index (χ3n) is 4.43. The maximum absolute atomic E-state index is 11.7. The van der Waals surface area contributed by atoms with Crippen molar-refractivity contribution < 1.29 is 13.2 Å². The molecule has 2 atom stereocenters. The van der Waals surface area contributed by atoms with Gasteiger partial charge in [0.05, 0.1) is 24.7 Å². The topological polar surface area (TPSA) is 43.4 Å². The summed E-state index contributed by atoms with van der Waals surface area (Å²) < 4.78 is 29.1. The smallest absolute Gasteiger partial charge is 0.151 e. The molecule has 0 spiro atoms. The Labute approximate surface area is 84.7 Å². The number of hydrogen-bond acceptors (Lipinski definition) is 3. The first-order valence-electron chi connectivity index (χ1n) is 5.36. The van der Waals surface area contributed by atoms with Crippen molar-refractivity contribution in [2.24, 2.45) is 10.8 Å². The van der Waals surface area contributed by atoms with E-state index in [-0.39, 0.29) is 10.8 Å². The predicted molar refractivity (Wildman–Crippen MR) is 52.8 cm³/mol. The quantitative estimate of drug-likeness (QED) is 0.606. The lowest BCUT2D eigenvalue weighted by Crippen LogP contribution is -2.42. The van der Waals surface area contributed by atoms with Crippen molar-refractivity contribution in [2.45, 2.75) is 25.7 Å². The molecule has 3 nitrogen and oxygen atoms in total. The zero-order valence-electron chi connectivity index (χ0n) is 8.29. The SMILES string of the molecule is O=S1(=O)CC23CCCCC2(COC3)C1. The van der Waals surface area contributed by atoms with Crippen molar-refractivity contribution in [3.05, 3.63) is 0 Å². The minimum absolute atomic E-state index is 0.00405. The Balaban J connectivity index is 2.09. The monoisotopic (exact) mass is 216 g/mol. The van der Waals surface area contributed by atoms with Gasteiger partial charge in [-0.1, -0.05) is 12.8 Å². The number of ether oxygens (including phenoxy) is 1. The van der Waals surface area contributed by atoms with E-state index in [4.69, 9.17) is 4.74 Å². The lowest BCUT2D eigenvalue weighted by atomic mass is 9.60. The van der Waals surface area contributed by atoms with E-state index in [9.17, 15) is 8.42 Å². The van der Waals surface area contributed by atoms with Gasteiger partial charge in [-0.15, -0.1) is 0 Å². The maximum Gasteiger partial charge on any atom is 0.151 e. The van der Waals surface area contributed by atoms with Crippen molar-refractivity contribution in [2.75, 3.05) is 24.7 Å². The van der Waals surface area contributed by atoms with Gasteiger partial charge in [-0.2, -0.15) is 0 Å². The minimum atomic E-state index is -2.79. The van der Waals surface area contributed by atoms with E-state index in [2.05, 4.69) is 0 Å². The summed E-state index contributed by atoms with van der Waals surface area (Å²) in [7, 11) is -2.79. The highest BCUT2D eigenvalue weighted by molar-refractivity contribution is 7.91. The van der Waals surface area contributed by atoms with Gasteiger partial charge in [-0.25, -0.2) is 8.42 Å². The van der Waals surface area contributed by atoms with Gasteiger partial charge in [0, 0.05) is 10.8 Å². The lowest BCUT2D eigenvalue weighted by Gasteiger charge is -2.41. The second kappa shape index (κ2) is 2.53. The third-order valence-corrected chi connectivity index (χ3v) is 6.42. The van der Waals surface area contributed by atoms with Crippen LogP contribution in [0.3, 0.4) is 0 Å². The average Bonchev–Trinajstić information content (AvgIpc) is 2.50. The van der Waals surface area contributed by atoms with Crippen molar-refractivity contribution in [3.63, 3.8) is 0 Å². The van der Waals surface area contributed by atoms with Crippen molar-refractivity contribution in [1.82, 2.24) is 0 Å². The van der Waals surface area contributed by atoms with Crippen LogP contribution in [0.2, 0.25) is 0 Å². The van der Waals surface area contributed by atoms with Crippen LogP contribution < -0.4 is 0 Å². The molecular formula is C10H16O3S. The van der Waals surface area contributed by atoms with Gasteiger partial charge in [0.2, 0.25) is 0 Å². The van der Waals surface area contributed by atoms with Crippen LogP contribution in [0.4, 0.5) is 0 Å². The number of hydrogen-bond donors (Lipinski definition) is 0. The molecule has 2 saturated heterocycles. The van der Waals surface area contributed by atoms with Crippen LogP contribution in [0, 0.1) is 10.8 Å². The maximum atomic E-state index is 11.7. The summed E-state index contributed by atoms with van der Waals surface area (Å²) in [6, 6.07) is 0. The van der Waals surface area contributed by atoms with Crippen LogP contribution in [0.5, 0.6) is 0 Å². The van der Waals surface area contributed by atoms with E-state index in [0.717, 1.165) is 12.8 Å². The second-order valence-corrected chi connectivity index (χ2v) is 7.36. The lowest BCUT2D eigenvalue weighted by molar-refractivity contribution is 0.0945. The van der Waals surface area contributed by atoms with Crippen molar-refractivity contribution in [1.29, 1.82) is 0 Å². The molecule has 2 unspecified atom stereocenters. The fourth-order valence-corrected chi connectivity index (χ4v) is 6.63. The molecule has 3 aliphatic rings. The molecule has 3 fully saturated rings. The molecule has 2 aliphatic heterocycles. The van der Waals surface area contributed by atoms with Crippen LogP contribution in [-0.2, 0) is 14.6 Å². The molecule has 80 valence electrons. The zero-order chi connectivity index (χ0) is 9.86. The first-order chi connectivity index (χ1) is 6.58. The highest BCUT2D eigenvalue weighted by Gasteiger charge is 2.64. The number of sulfone groups is 1. The van der Waals surface area contributed by atoms with Crippen LogP contribution in [-0.4, -0.2) is 33.1 Å². The molecule has 0 N–H and O–H groups in total. The summed E-state index contributed by atoms with van der Waals surface area (Å²) in [5.41, 5.74) is 0.00810. The average molecular weight is 216 g/mol. The largest absolute Gasteiger partial charge is 0.380 e. The summed E-state index contributed by atoms with van der Waals surface area (Å²) in [5.74, 6) is 0.778. The Morgan fingerprint density at radius 3 is 1.93 bits per heavy atom. The van der Waals surface area contributed by atoms with Gasteiger partial charge >= 0.3 is 0 Å². The van der Waals surface area contributed by atoms with Gasteiger partial charge < -0.3 is 4.74 Å². The third kappa shape index (κ3) is 0.986. The molecule has 3 rings (SSSR count).